The number of nitrogens with zero attached hydrogens (tertiary/aromatic N) is 1. The van der Waals surface area contributed by atoms with Crippen LogP contribution in [0, 0.1) is 24.2 Å². The number of aryl methyl sites for hydroxylation is 1. The van der Waals surface area contributed by atoms with Crippen LogP contribution in [0.15, 0.2) is 29.2 Å². The first kappa shape index (κ1) is 12.5. The molecule has 1 aliphatic carbocycles. The molecule has 0 aliphatic heterocycles. The SMILES string of the molecule is Cc1ccccc1SC1CCCCCC1C#N. The molecule has 0 bridgehead atoms. The van der Waals surface area contributed by atoms with Crippen molar-refractivity contribution < 1.29 is 0 Å². The van der Waals surface area contributed by atoms with Gasteiger partial charge in [-0.3, -0.25) is 0 Å². The van der Waals surface area contributed by atoms with Gasteiger partial charge in [0.1, 0.15) is 0 Å². The molecule has 1 fully saturated rings. The Balaban J connectivity index is 2.10. The van der Waals surface area contributed by atoms with E-state index in [1.54, 1.807) is 0 Å². The monoisotopic (exact) mass is 245 g/mol. The first-order valence-electron chi connectivity index (χ1n) is 6.43. The Kier molecular flexibility index (Phi) is 4.50. The molecule has 0 N–H and O–H groups in total. The summed E-state index contributed by atoms with van der Waals surface area (Å²) >= 11 is 1.91. The largest absolute Gasteiger partial charge is 0.198 e. The quantitative estimate of drug-likeness (QED) is 0.713. The van der Waals surface area contributed by atoms with E-state index in [9.17, 15) is 5.26 Å². The zero-order valence-electron chi connectivity index (χ0n) is 10.4. The topological polar surface area (TPSA) is 23.8 Å². The molecule has 2 atom stereocenters. The van der Waals surface area contributed by atoms with E-state index >= 15 is 0 Å². The number of benzene rings is 1. The summed E-state index contributed by atoms with van der Waals surface area (Å²) in [5.41, 5.74) is 1.33. The van der Waals surface area contributed by atoms with E-state index in [4.69, 9.17) is 0 Å². The summed E-state index contributed by atoms with van der Waals surface area (Å²) in [6, 6.07) is 11.0. The van der Waals surface area contributed by atoms with Crippen LogP contribution in [0.2, 0.25) is 0 Å². The molecule has 90 valence electrons. The van der Waals surface area contributed by atoms with Crippen molar-refractivity contribution in [3.8, 4) is 6.07 Å². The fraction of sp³-hybridized carbons (Fsp3) is 0.533. The summed E-state index contributed by atoms with van der Waals surface area (Å²) in [7, 11) is 0. The number of hydrogen-bond donors (Lipinski definition) is 0. The molecule has 0 amide bonds. The van der Waals surface area contributed by atoms with Crippen molar-refractivity contribution >= 4 is 11.8 Å². The molecule has 2 unspecified atom stereocenters. The van der Waals surface area contributed by atoms with Gasteiger partial charge in [-0.2, -0.15) is 5.26 Å². The minimum absolute atomic E-state index is 0.238. The minimum Gasteiger partial charge on any atom is -0.198 e. The Morgan fingerprint density at radius 3 is 2.71 bits per heavy atom. The molecule has 2 heteroatoms. The van der Waals surface area contributed by atoms with Gasteiger partial charge in [-0.05, 0) is 31.4 Å². The van der Waals surface area contributed by atoms with Crippen molar-refractivity contribution in [1.82, 2.24) is 0 Å². The van der Waals surface area contributed by atoms with Crippen molar-refractivity contribution in [2.45, 2.75) is 49.2 Å². The summed E-state index contributed by atoms with van der Waals surface area (Å²) in [5.74, 6) is 0.238. The van der Waals surface area contributed by atoms with Gasteiger partial charge in [0.15, 0.2) is 0 Å². The van der Waals surface area contributed by atoms with Crippen LogP contribution in [0.3, 0.4) is 0 Å². The van der Waals surface area contributed by atoms with Crippen molar-refractivity contribution in [1.29, 1.82) is 5.26 Å². The molecule has 0 saturated heterocycles. The maximum absolute atomic E-state index is 9.27. The van der Waals surface area contributed by atoms with Crippen LogP contribution in [-0.2, 0) is 0 Å². The second-order valence-corrected chi connectivity index (χ2v) is 6.08. The Labute approximate surface area is 108 Å². The van der Waals surface area contributed by atoms with E-state index in [1.165, 1.54) is 36.1 Å². The third-order valence-electron chi connectivity index (χ3n) is 3.49. The maximum atomic E-state index is 9.27. The fourth-order valence-corrected chi connectivity index (χ4v) is 3.80. The predicted molar refractivity (Wildman–Crippen MR) is 73.0 cm³/mol. The van der Waals surface area contributed by atoms with E-state index in [2.05, 4.69) is 37.3 Å². The number of thioether (sulfide) groups is 1. The Bertz CT molecular complexity index is 408. The van der Waals surface area contributed by atoms with Gasteiger partial charge in [0.25, 0.3) is 0 Å². The van der Waals surface area contributed by atoms with Crippen LogP contribution in [0.1, 0.15) is 37.7 Å². The highest BCUT2D eigenvalue weighted by Gasteiger charge is 2.24. The molecule has 0 spiro atoms. The molecular formula is C15H19NS. The smallest absolute Gasteiger partial charge is 0.0667 e. The normalized spacial score (nSPS) is 24.9. The first-order chi connectivity index (χ1) is 8.31. The van der Waals surface area contributed by atoms with Gasteiger partial charge < -0.3 is 0 Å². The molecule has 0 aromatic heterocycles. The Morgan fingerprint density at radius 2 is 1.94 bits per heavy atom. The summed E-state index contributed by atoms with van der Waals surface area (Å²) in [4.78, 5) is 1.35. The lowest BCUT2D eigenvalue weighted by Crippen LogP contribution is -2.14. The van der Waals surface area contributed by atoms with E-state index in [0.29, 0.717) is 5.25 Å². The van der Waals surface area contributed by atoms with Gasteiger partial charge in [-0.15, -0.1) is 11.8 Å². The highest BCUT2D eigenvalue weighted by atomic mass is 32.2. The molecule has 0 heterocycles. The van der Waals surface area contributed by atoms with Gasteiger partial charge in [0, 0.05) is 10.1 Å². The average Bonchev–Trinajstić information content (AvgIpc) is 2.57. The van der Waals surface area contributed by atoms with Gasteiger partial charge in [-0.25, -0.2) is 0 Å². The second-order valence-electron chi connectivity index (χ2n) is 4.80. The lowest BCUT2D eigenvalue weighted by atomic mass is 10.0. The van der Waals surface area contributed by atoms with E-state index in [1.807, 2.05) is 11.8 Å². The van der Waals surface area contributed by atoms with Crippen LogP contribution in [0.5, 0.6) is 0 Å². The summed E-state index contributed by atoms with van der Waals surface area (Å²) in [5, 5.41) is 9.76. The van der Waals surface area contributed by atoms with Crippen LogP contribution in [0.4, 0.5) is 0 Å². The van der Waals surface area contributed by atoms with Gasteiger partial charge in [0.05, 0.1) is 12.0 Å². The van der Waals surface area contributed by atoms with Crippen LogP contribution < -0.4 is 0 Å². The Morgan fingerprint density at radius 1 is 1.18 bits per heavy atom. The van der Waals surface area contributed by atoms with Gasteiger partial charge in [-0.1, -0.05) is 37.5 Å². The molecule has 1 nitrogen and oxygen atoms in total. The lowest BCUT2D eigenvalue weighted by Gasteiger charge is -2.19. The van der Waals surface area contributed by atoms with Crippen molar-refractivity contribution in [2.75, 3.05) is 0 Å². The summed E-state index contributed by atoms with van der Waals surface area (Å²) in [6.07, 6.45) is 6.07. The maximum Gasteiger partial charge on any atom is 0.0667 e. The van der Waals surface area contributed by atoms with Crippen LogP contribution in [0.25, 0.3) is 0 Å². The molecule has 1 aromatic carbocycles. The number of nitriles is 1. The highest BCUT2D eigenvalue weighted by Crippen LogP contribution is 2.37. The first-order valence-corrected chi connectivity index (χ1v) is 7.31. The zero-order chi connectivity index (χ0) is 12.1. The lowest BCUT2D eigenvalue weighted by molar-refractivity contribution is 0.585. The zero-order valence-corrected chi connectivity index (χ0v) is 11.2. The minimum atomic E-state index is 0.238. The predicted octanol–water partition coefficient (Wildman–Crippen LogP) is 4.56. The van der Waals surface area contributed by atoms with Crippen molar-refractivity contribution in [3.63, 3.8) is 0 Å². The number of hydrogen-bond acceptors (Lipinski definition) is 2. The van der Waals surface area contributed by atoms with Crippen LogP contribution in [-0.4, -0.2) is 5.25 Å². The molecule has 1 saturated carbocycles. The second kappa shape index (κ2) is 6.12. The molecule has 17 heavy (non-hydrogen) atoms. The molecule has 1 aliphatic rings. The van der Waals surface area contributed by atoms with Crippen LogP contribution >= 0.6 is 11.8 Å². The highest BCUT2D eigenvalue weighted by molar-refractivity contribution is 8.00. The molecular weight excluding hydrogens is 226 g/mol. The van der Waals surface area contributed by atoms with E-state index in [-0.39, 0.29) is 5.92 Å². The van der Waals surface area contributed by atoms with Gasteiger partial charge in [0.2, 0.25) is 0 Å². The molecule has 0 radical (unpaired) electrons. The summed E-state index contributed by atoms with van der Waals surface area (Å²) < 4.78 is 0. The third kappa shape index (κ3) is 3.26. The van der Waals surface area contributed by atoms with Crippen molar-refractivity contribution in [3.05, 3.63) is 29.8 Å². The van der Waals surface area contributed by atoms with Gasteiger partial charge >= 0.3 is 0 Å². The Hall–Kier alpha value is -0.940. The average molecular weight is 245 g/mol. The molecule has 2 rings (SSSR count). The third-order valence-corrected chi connectivity index (χ3v) is 5.07. The standard InChI is InChI=1S/C15H19NS/c1-12-7-5-6-9-14(12)17-15-10-4-2-3-8-13(15)11-16/h5-7,9,13,15H,2-4,8,10H2,1H3. The molecule has 1 aromatic rings. The van der Waals surface area contributed by atoms with E-state index in [0.717, 1.165) is 6.42 Å². The van der Waals surface area contributed by atoms with E-state index < -0.39 is 0 Å². The number of rotatable bonds is 2. The fourth-order valence-electron chi connectivity index (χ4n) is 2.41. The summed E-state index contributed by atoms with van der Waals surface area (Å²) in [6.45, 7) is 2.15. The van der Waals surface area contributed by atoms with Crippen molar-refractivity contribution in [2.24, 2.45) is 5.92 Å².